The van der Waals surface area contributed by atoms with Crippen LogP contribution in [0.1, 0.15) is 58.8 Å². The van der Waals surface area contributed by atoms with Gasteiger partial charge < -0.3 is 5.73 Å². The molecule has 0 aromatic heterocycles. The Bertz CT molecular complexity index is 253. The second-order valence-electron chi connectivity index (χ2n) is 5.87. The maximum atomic E-state index is 6.19. The number of hydrogen-bond donors (Lipinski definition) is 1. The number of hydrogen-bond acceptors (Lipinski definition) is 1. The lowest BCUT2D eigenvalue weighted by atomic mass is 9.88. The summed E-state index contributed by atoms with van der Waals surface area (Å²) in [5.74, 6) is 3.11. The molecule has 2 nitrogen and oxygen atoms in total. The monoisotopic (exact) mass is 222 g/mol. The van der Waals surface area contributed by atoms with E-state index in [9.17, 15) is 0 Å². The molecule has 2 N–H and O–H groups in total. The van der Waals surface area contributed by atoms with Gasteiger partial charge in [0.15, 0.2) is 0 Å². The predicted octanol–water partition coefficient (Wildman–Crippen LogP) is 3.36. The van der Waals surface area contributed by atoms with Crippen molar-refractivity contribution in [2.24, 2.45) is 28.5 Å². The second kappa shape index (κ2) is 5.20. The normalized spacial score (nSPS) is 37.9. The summed E-state index contributed by atoms with van der Waals surface area (Å²) in [4.78, 5) is 4.83. The van der Waals surface area contributed by atoms with Crippen LogP contribution in [0.2, 0.25) is 0 Å². The summed E-state index contributed by atoms with van der Waals surface area (Å²) in [7, 11) is 0. The average Bonchev–Trinajstić information content (AvgIpc) is 2.62. The fraction of sp³-hybridized carbons (Fsp3) is 0.929. The van der Waals surface area contributed by atoms with E-state index in [4.69, 9.17) is 10.7 Å². The van der Waals surface area contributed by atoms with Gasteiger partial charge in [-0.2, -0.15) is 0 Å². The predicted molar refractivity (Wildman–Crippen MR) is 69.5 cm³/mol. The lowest BCUT2D eigenvalue weighted by Crippen LogP contribution is -2.28. The molecule has 3 unspecified atom stereocenters. The van der Waals surface area contributed by atoms with Gasteiger partial charge in [0.1, 0.15) is 0 Å². The van der Waals surface area contributed by atoms with Crippen LogP contribution in [0.4, 0.5) is 0 Å². The number of aliphatic imine (C=N–C) groups is 1. The Morgan fingerprint density at radius 1 is 1.00 bits per heavy atom. The van der Waals surface area contributed by atoms with E-state index >= 15 is 0 Å². The van der Waals surface area contributed by atoms with E-state index in [1.54, 1.807) is 0 Å². The van der Waals surface area contributed by atoms with Crippen LogP contribution in [-0.4, -0.2) is 11.9 Å². The minimum absolute atomic E-state index is 0.511. The molecule has 0 aromatic carbocycles. The minimum atomic E-state index is 0.511. The van der Waals surface area contributed by atoms with Gasteiger partial charge in [0, 0.05) is 5.92 Å². The van der Waals surface area contributed by atoms with Gasteiger partial charge in [-0.15, -0.1) is 0 Å². The molecule has 2 aliphatic carbocycles. The van der Waals surface area contributed by atoms with Gasteiger partial charge >= 0.3 is 0 Å². The molecule has 0 aromatic rings. The molecular formula is C14H26N2. The van der Waals surface area contributed by atoms with Crippen molar-refractivity contribution < 1.29 is 0 Å². The minimum Gasteiger partial charge on any atom is -0.387 e. The summed E-state index contributed by atoms with van der Waals surface area (Å²) in [5.41, 5.74) is 6.19. The third-order valence-electron chi connectivity index (χ3n) is 4.76. The molecule has 0 saturated heterocycles. The number of rotatable bonds is 2. The van der Waals surface area contributed by atoms with Crippen molar-refractivity contribution in [3.05, 3.63) is 0 Å². The third kappa shape index (κ3) is 2.58. The van der Waals surface area contributed by atoms with Crippen LogP contribution in [0.25, 0.3) is 0 Å². The SMILES string of the molecule is CC1CCC(N=C(N)C2CCCCC2)C1C. The summed E-state index contributed by atoms with van der Waals surface area (Å²) in [6, 6.07) is 0.511. The first kappa shape index (κ1) is 11.9. The Labute approximate surface area is 99.7 Å². The largest absolute Gasteiger partial charge is 0.387 e. The van der Waals surface area contributed by atoms with Gasteiger partial charge in [0.2, 0.25) is 0 Å². The molecule has 0 radical (unpaired) electrons. The number of nitrogens with zero attached hydrogens (tertiary/aromatic N) is 1. The van der Waals surface area contributed by atoms with Crippen LogP contribution in [0.5, 0.6) is 0 Å². The molecule has 0 heterocycles. The summed E-state index contributed by atoms with van der Waals surface area (Å²) in [6.45, 7) is 4.68. The summed E-state index contributed by atoms with van der Waals surface area (Å²) in [5, 5.41) is 0. The zero-order valence-electron chi connectivity index (χ0n) is 10.8. The Balaban J connectivity index is 1.94. The highest BCUT2D eigenvalue weighted by molar-refractivity contribution is 5.83. The number of nitrogens with two attached hydrogens (primary N) is 1. The molecule has 0 bridgehead atoms. The highest BCUT2D eigenvalue weighted by atomic mass is 14.9. The molecule has 3 atom stereocenters. The van der Waals surface area contributed by atoms with E-state index in [-0.39, 0.29) is 0 Å². The van der Waals surface area contributed by atoms with Gasteiger partial charge in [-0.05, 0) is 37.5 Å². The van der Waals surface area contributed by atoms with Gasteiger partial charge in [0.05, 0.1) is 11.9 Å². The van der Waals surface area contributed by atoms with Crippen molar-refractivity contribution in [3.8, 4) is 0 Å². The molecule has 2 fully saturated rings. The lowest BCUT2D eigenvalue weighted by Gasteiger charge is -2.23. The topological polar surface area (TPSA) is 38.4 Å². The van der Waals surface area contributed by atoms with Crippen LogP contribution in [-0.2, 0) is 0 Å². The molecular weight excluding hydrogens is 196 g/mol. The van der Waals surface area contributed by atoms with Crippen LogP contribution in [0.3, 0.4) is 0 Å². The molecule has 2 heteroatoms. The van der Waals surface area contributed by atoms with Gasteiger partial charge in [-0.3, -0.25) is 4.99 Å². The Morgan fingerprint density at radius 3 is 2.25 bits per heavy atom. The first-order valence-corrected chi connectivity index (χ1v) is 7.01. The van der Waals surface area contributed by atoms with Crippen LogP contribution >= 0.6 is 0 Å². The number of amidine groups is 1. The summed E-state index contributed by atoms with van der Waals surface area (Å²) < 4.78 is 0. The first-order valence-electron chi connectivity index (χ1n) is 7.01. The van der Waals surface area contributed by atoms with Crippen molar-refractivity contribution in [2.75, 3.05) is 0 Å². The lowest BCUT2D eigenvalue weighted by molar-refractivity contribution is 0.412. The molecule has 0 spiro atoms. The van der Waals surface area contributed by atoms with Crippen molar-refractivity contribution in [2.45, 2.75) is 64.8 Å². The maximum absolute atomic E-state index is 6.19. The van der Waals surface area contributed by atoms with E-state index in [1.807, 2.05) is 0 Å². The van der Waals surface area contributed by atoms with Gasteiger partial charge in [-0.25, -0.2) is 0 Å². The summed E-state index contributed by atoms with van der Waals surface area (Å²) >= 11 is 0. The standard InChI is InChI=1S/C14H26N2/c1-10-8-9-13(11(10)2)16-14(15)12-6-4-3-5-7-12/h10-13H,3-9H2,1-2H3,(H2,15,16). The van der Waals surface area contributed by atoms with Crippen LogP contribution < -0.4 is 5.73 Å². The highest BCUT2D eigenvalue weighted by Crippen LogP contribution is 2.34. The quantitative estimate of drug-likeness (QED) is 0.564. The van der Waals surface area contributed by atoms with Crippen molar-refractivity contribution in [1.82, 2.24) is 0 Å². The van der Waals surface area contributed by atoms with Crippen LogP contribution in [0, 0.1) is 17.8 Å². The first-order chi connectivity index (χ1) is 7.68. The zero-order valence-corrected chi connectivity index (χ0v) is 10.8. The molecule has 0 amide bonds. The fourth-order valence-electron chi connectivity index (χ4n) is 3.22. The van der Waals surface area contributed by atoms with E-state index in [2.05, 4.69) is 13.8 Å². The molecule has 92 valence electrons. The Hall–Kier alpha value is -0.530. The Kier molecular flexibility index (Phi) is 3.88. The average molecular weight is 222 g/mol. The van der Waals surface area contributed by atoms with Crippen LogP contribution in [0.15, 0.2) is 4.99 Å². The zero-order chi connectivity index (χ0) is 11.5. The van der Waals surface area contributed by atoms with Crippen molar-refractivity contribution in [3.63, 3.8) is 0 Å². The molecule has 0 aliphatic heterocycles. The maximum Gasteiger partial charge on any atom is 0.0971 e. The summed E-state index contributed by atoms with van der Waals surface area (Å²) in [6.07, 6.45) is 9.19. The highest BCUT2D eigenvalue weighted by Gasteiger charge is 2.30. The Morgan fingerprint density at radius 2 is 1.69 bits per heavy atom. The molecule has 2 aliphatic rings. The van der Waals surface area contributed by atoms with E-state index in [0.29, 0.717) is 12.0 Å². The van der Waals surface area contributed by atoms with E-state index in [0.717, 1.165) is 17.7 Å². The van der Waals surface area contributed by atoms with E-state index < -0.39 is 0 Å². The molecule has 16 heavy (non-hydrogen) atoms. The fourth-order valence-corrected chi connectivity index (χ4v) is 3.22. The van der Waals surface area contributed by atoms with E-state index in [1.165, 1.54) is 44.9 Å². The second-order valence-corrected chi connectivity index (χ2v) is 5.87. The molecule has 2 rings (SSSR count). The van der Waals surface area contributed by atoms with Gasteiger partial charge in [0.25, 0.3) is 0 Å². The van der Waals surface area contributed by atoms with Gasteiger partial charge in [-0.1, -0.05) is 33.1 Å². The van der Waals surface area contributed by atoms with Crippen molar-refractivity contribution in [1.29, 1.82) is 0 Å². The smallest absolute Gasteiger partial charge is 0.0971 e. The third-order valence-corrected chi connectivity index (χ3v) is 4.76. The molecule has 2 saturated carbocycles. The van der Waals surface area contributed by atoms with Crippen molar-refractivity contribution >= 4 is 5.84 Å².